The molecule has 1 atom stereocenters. The monoisotopic (exact) mass is 466 g/mol. The number of urea groups is 1. The van der Waals surface area contributed by atoms with Crippen molar-refractivity contribution in [1.29, 1.82) is 0 Å². The van der Waals surface area contributed by atoms with Gasteiger partial charge < -0.3 is 30.0 Å². The summed E-state index contributed by atoms with van der Waals surface area (Å²) < 4.78 is 15.4. The maximum absolute atomic E-state index is 12.8. The lowest BCUT2D eigenvalue weighted by atomic mass is 10.1. The number of aromatic nitrogens is 1. The lowest BCUT2D eigenvalue weighted by molar-refractivity contribution is -0.152. The van der Waals surface area contributed by atoms with E-state index >= 15 is 0 Å². The predicted octanol–water partition coefficient (Wildman–Crippen LogP) is 2.05. The predicted molar refractivity (Wildman–Crippen MR) is 124 cm³/mol. The zero-order valence-electron chi connectivity index (χ0n) is 20.0. The van der Waals surface area contributed by atoms with E-state index in [0.717, 1.165) is 48.6 Å². The van der Waals surface area contributed by atoms with E-state index in [1.807, 2.05) is 13.0 Å². The lowest BCUT2D eigenvalue weighted by Gasteiger charge is -2.30. The first-order chi connectivity index (χ1) is 16.0. The number of hydrogen-bond donors (Lipinski definition) is 3. The van der Waals surface area contributed by atoms with Crippen LogP contribution in [-0.4, -0.2) is 80.0 Å². The normalized spacial score (nSPS) is 13.7. The van der Waals surface area contributed by atoms with E-state index in [9.17, 15) is 14.7 Å². The molecule has 2 rings (SSSR count). The first-order valence-electron chi connectivity index (χ1n) is 11.6. The number of ether oxygens (including phenoxy) is 3. The summed E-state index contributed by atoms with van der Waals surface area (Å²) in [7, 11) is 2.88. The first-order valence-corrected chi connectivity index (χ1v) is 11.6. The molecule has 0 bridgehead atoms. The molecule has 186 valence electrons. The number of esters is 1. The van der Waals surface area contributed by atoms with E-state index < -0.39 is 24.5 Å². The molecule has 0 saturated carbocycles. The van der Waals surface area contributed by atoms with Crippen molar-refractivity contribution in [2.24, 2.45) is 0 Å². The molecule has 3 N–H and O–H groups in total. The quantitative estimate of drug-likeness (QED) is 0.216. The number of amides is 2. The van der Waals surface area contributed by atoms with E-state index in [1.54, 1.807) is 0 Å². The zero-order valence-corrected chi connectivity index (χ0v) is 20.0. The number of rotatable bonds is 14. The van der Waals surface area contributed by atoms with Gasteiger partial charge in [-0.15, -0.1) is 0 Å². The molecular weight excluding hydrogens is 428 g/mol. The van der Waals surface area contributed by atoms with Crippen LogP contribution >= 0.6 is 0 Å². The van der Waals surface area contributed by atoms with Crippen molar-refractivity contribution < 1.29 is 28.9 Å². The lowest BCUT2D eigenvalue weighted by Crippen LogP contribution is -2.50. The Morgan fingerprint density at radius 2 is 2.06 bits per heavy atom. The standard InChI is InChI=1S/C23H38N4O6/c1-4-5-14-33-20(29)15-19(28)27(16-21(31-2)32-3)23(30)25-13-7-9-18-11-10-17-8-6-12-24-22(17)26-18/h10-11,19,21,28H,4-9,12-16H2,1-3H3,(H,24,26)(H,25,30)/t19-/m1/s1. The van der Waals surface area contributed by atoms with Crippen molar-refractivity contribution >= 4 is 17.8 Å². The largest absolute Gasteiger partial charge is 0.466 e. The number of pyridine rings is 1. The number of aliphatic hydroxyl groups excluding tert-OH is 1. The summed E-state index contributed by atoms with van der Waals surface area (Å²) in [6.07, 6.45) is 2.75. The second-order valence-corrected chi connectivity index (χ2v) is 7.99. The summed E-state index contributed by atoms with van der Waals surface area (Å²) in [6.45, 7) is 3.57. The van der Waals surface area contributed by atoms with E-state index in [0.29, 0.717) is 26.0 Å². The summed E-state index contributed by atoms with van der Waals surface area (Å²) in [5.41, 5.74) is 2.20. The van der Waals surface area contributed by atoms with Gasteiger partial charge in [0.1, 0.15) is 12.0 Å². The molecule has 1 aliphatic rings. The molecule has 33 heavy (non-hydrogen) atoms. The number of methoxy groups -OCH3 is 2. The number of hydrogen-bond acceptors (Lipinski definition) is 8. The maximum atomic E-state index is 12.8. The van der Waals surface area contributed by atoms with Crippen LogP contribution in [0.25, 0.3) is 0 Å². The Bertz CT molecular complexity index is 744. The van der Waals surface area contributed by atoms with Crippen LogP contribution in [0.3, 0.4) is 0 Å². The number of fused-ring (bicyclic) bond motifs is 1. The summed E-state index contributed by atoms with van der Waals surface area (Å²) in [5, 5.41) is 16.6. The van der Waals surface area contributed by atoms with Gasteiger partial charge in [0.25, 0.3) is 0 Å². The number of aryl methyl sites for hydroxylation is 2. The van der Waals surface area contributed by atoms with Crippen LogP contribution in [-0.2, 0) is 31.8 Å². The van der Waals surface area contributed by atoms with Gasteiger partial charge >= 0.3 is 12.0 Å². The minimum Gasteiger partial charge on any atom is -0.466 e. The Kier molecular flexibility index (Phi) is 11.9. The molecule has 10 heteroatoms. The van der Waals surface area contributed by atoms with Crippen molar-refractivity contribution in [1.82, 2.24) is 15.2 Å². The fraction of sp³-hybridized carbons (Fsp3) is 0.696. The third kappa shape index (κ3) is 9.15. The van der Waals surface area contributed by atoms with Gasteiger partial charge in [0.15, 0.2) is 6.29 Å². The minimum atomic E-state index is -1.36. The van der Waals surface area contributed by atoms with Crippen LogP contribution in [0.1, 0.15) is 50.3 Å². The number of carbonyl (C=O) groups is 2. The summed E-state index contributed by atoms with van der Waals surface area (Å²) in [6, 6.07) is 3.62. The van der Waals surface area contributed by atoms with Gasteiger partial charge in [0.05, 0.1) is 19.6 Å². The highest BCUT2D eigenvalue weighted by Gasteiger charge is 2.27. The molecule has 0 unspecified atom stereocenters. The molecule has 1 aliphatic heterocycles. The highest BCUT2D eigenvalue weighted by atomic mass is 16.7. The number of nitrogens with one attached hydrogen (secondary N) is 2. The molecule has 10 nitrogen and oxygen atoms in total. The topological polar surface area (TPSA) is 122 Å². The third-order valence-electron chi connectivity index (χ3n) is 5.44. The summed E-state index contributed by atoms with van der Waals surface area (Å²) >= 11 is 0. The van der Waals surface area contributed by atoms with Gasteiger partial charge in [-0.05, 0) is 43.7 Å². The van der Waals surface area contributed by atoms with Crippen LogP contribution in [0.5, 0.6) is 0 Å². The van der Waals surface area contributed by atoms with Crippen molar-refractivity contribution in [2.45, 2.75) is 64.4 Å². The van der Waals surface area contributed by atoms with Crippen molar-refractivity contribution in [2.75, 3.05) is 45.8 Å². The number of aliphatic hydroxyl groups is 1. The molecular formula is C23H38N4O6. The van der Waals surface area contributed by atoms with Crippen LogP contribution in [0, 0.1) is 0 Å². The molecule has 0 aliphatic carbocycles. The van der Waals surface area contributed by atoms with Crippen molar-refractivity contribution in [3.63, 3.8) is 0 Å². The smallest absolute Gasteiger partial charge is 0.319 e. The highest BCUT2D eigenvalue weighted by Crippen LogP contribution is 2.20. The molecule has 2 amide bonds. The molecule has 2 heterocycles. The molecule has 0 aromatic carbocycles. The van der Waals surface area contributed by atoms with Crippen LogP contribution in [0.4, 0.5) is 10.6 Å². The maximum Gasteiger partial charge on any atom is 0.319 e. The van der Waals surface area contributed by atoms with Gasteiger partial charge in [0.2, 0.25) is 0 Å². The average Bonchev–Trinajstić information content (AvgIpc) is 2.82. The number of anilines is 1. The van der Waals surface area contributed by atoms with E-state index in [1.165, 1.54) is 19.8 Å². The number of nitrogens with zero attached hydrogens (tertiary/aromatic N) is 2. The molecule has 0 fully saturated rings. The average molecular weight is 467 g/mol. The fourth-order valence-electron chi connectivity index (χ4n) is 3.47. The molecule has 0 saturated heterocycles. The van der Waals surface area contributed by atoms with Crippen LogP contribution < -0.4 is 10.6 Å². The Hall–Kier alpha value is -2.43. The Morgan fingerprint density at radius 3 is 2.79 bits per heavy atom. The zero-order chi connectivity index (χ0) is 24.1. The molecule has 0 spiro atoms. The van der Waals surface area contributed by atoms with Gasteiger partial charge in [-0.2, -0.15) is 0 Å². The summed E-state index contributed by atoms with van der Waals surface area (Å²) in [5.74, 6) is 0.389. The van der Waals surface area contributed by atoms with E-state index in [2.05, 4.69) is 21.7 Å². The Balaban J connectivity index is 1.86. The Morgan fingerprint density at radius 1 is 1.27 bits per heavy atom. The number of carbonyl (C=O) groups excluding carboxylic acids is 2. The summed E-state index contributed by atoms with van der Waals surface area (Å²) in [4.78, 5) is 30.5. The SMILES string of the molecule is CCCCOC(=O)C[C@@H](O)N(CC(OC)OC)C(=O)NCCCc1ccc2c(n1)NCCC2. The van der Waals surface area contributed by atoms with Gasteiger partial charge in [-0.3, -0.25) is 9.69 Å². The second-order valence-electron chi connectivity index (χ2n) is 7.99. The molecule has 1 aromatic rings. The van der Waals surface area contributed by atoms with Gasteiger partial charge in [0, 0.05) is 33.0 Å². The van der Waals surface area contributed by atoms with Crippen molar-refractivity contribution in [3.05, 3.63) is 23.4 Å². The molecule has 1 aromatic heterocycles. The van der Waals surface area contributed by atoms with Gasteiger partial charge in [-0.1, -0.05) is 19.4 Å². The van der Waals surface area contributed by atoms with Crippen LogP contribution in [0.15, 0.2) is 12.1 Å². The Labute approximate surface area is 196 Å². The van der Waals surface area contributed by atoms with Crippen molar-refractivity contribution in [3.8, 4) is 0 Å². The highest BCUT2D eigenvalue weighted by molar-refractivity contribution is 5.76. The first kappa shape index (κ1) is 26.8. The second kappa shape index (κ2) is 14.7. The number of unbranched alkanes of at least 4 members (excludes halogenated alkanes) is 1. The minimum absolute atomic E-state index is 0.0414. The molecule has 0 radical (unpaired) electrons. The fourth-order valence-corrected chi connectivity index (χ4v) is 3.47. The van der Waals surface area contributed by atoms with E-state index in [-0.39, 0.29) is 13.0 Å². The van der Waals surface area contributed by atoms with Crippen LogP contribution in [0.2, 0.25) is 0 Å². The third-order valence-corrected chi connectivity index (χ3v) is 5.44. The van der Waals surface area contributed by atoms with E-state index in [4.69, 9.17) is 14.2 Å². The van der Waals surface area contributed by atoms with Gasteiger partial charge in [-0.25, -0.2) is 9.78 Å².